The van der Waals surface area contributed by atoms with E-state index in [1.807, 2.05) is 0 Å². The first-order chi connectivity index (χ1) is 7.16. The Morgan fingerprint density at radius 2 is 1.73 bits per heavy atom. The summed E-state index contributed by atoms with van der Waals surface area (Å²) < 4.78 is 1.28. The summed E-state index contributed by atoms with van der Waals surface area (Å²) in [6.07, 6.45) is 8.54. The van der Waals surface area contributed by atoms with E-state index in [2.05, 4.69) is 25.9 Å². The summed E-state index contributed by atoms with van der Waals surface area (Å²) >= 11 is 0. The first-order valence-electron chi connectivity index (χ1n) is 6.68. The van der Waals surface area contributed by atoms with E-state index in [4.69, 9.17) is 0 Å². The van der Waals surface area contributed by atoms with Crippen molar-refractivity contribution in [2.75, 3.05) is 40.4 Å². The lowest BCUT2D eigenvalue weighted by atomic mass is 10.1. The van der Waals surface area contributed by atoms with Gasteiger partial charge >= 0.3 is 0 Å². The summed E-state index contributed by atoms with van der Waals surface area (Å²) in [4.78, 5) is 2.46. The zero-order chi connectivity index (χ0) is 11.1. The van der Waals surface area contributed by atoms with Gasteiger partial charge in [0.15, 0.2) is 0 Å². The van der Waals surface area contributed by atoms with Crippen LogP contribution in [-0.2, 0) is 0 Å². The number of quaternary nitrogens is 1. The normalized spacial score (nSPS) is 27.4. The van der Waals surface area contributed by atoms with E-state index < -0.39 is 0 Å². The molecule has 0 radical (unpaired) electrons. The molecule has 1 unspecified atom stereocenters. The Labute approximate surface area is 95.8 Å². The highest BCUT2D eigenvalue weighted by Gasteiger charge is 2.29. The fourth-order valence-corrected chi connectivity index (χ4v) is 2.59. The van der Waals surface area contributed by atoms with Crippen molar-refractivity contribution in [3.05, 3.63) is 0 Å². The Morgan fingerprint density at radius 1 is 1.07 bits per heavy atom. The Balaban J connectivity index is 2.00. The number of hydrogen-bond acceptors (Lipinski definition) is 1. The van der Waals surface area contributed by atoms with Gasteiger partial charge in [0.05, 0.1) is 26.7 Å². The first kappa shape index (κ1) is 13.0. The maximum atomic E-state index is 2.46. The van der Waals surface area contributed by atoms with Crippen LogP contribution >= 0.6 is 0 Å². The molecule has 1 rings (SSSR count). The van der Waals surface area contributed by atoms with Crippen molar-refractivity contribution in [3.63, 3.8) is 0 Å². The summed E-state index contributed by atoms with van der Waals surface area (Å²) in [6, 6.07) is 0. The number of nitrogens with zero attached hydrogens (tertiary/aromatic N) is 2. The molecular weight excluding hydrogens is 184 g/mol. The van der Waals surface area contributed by atoms with Crippen molar-refractivity contribution >= 4 is 0 Å². The molecule has 0 saturated carbocycles. The molecular formula is C13H29N2+. The molecule has 1 fully saturated rings. The topological polar surface area (TPSA) is 3.24 Å². The molecule has 15 heavy (non-hydrogen) atoms. The largest absolute Gasteiger partial charge is 0.312 e. The lowest BCUT2D eigenvalue weighted by Crippen LogP contribution is -2.43. The van der Waals surface area contributed by atoms with Crippen LogP contribution in [0.2, 0.25) is 0 Å². The zero-order valence-corrected chi connectivity index (χ0v) is 11.0. The molecule has 0 aliphatic carbocycles. The van der Waals surface area contributed by atoms with E-state index in [0.29, 0.717) is 0 Å². The Bertz CT molecular complexity index is 170. The molecule has 90 valence electrons. The van der Waals surface area contributed by atoms with Crippen molar-refractivity contribution in [3.8, 4) is 0 Å². The van der Waals surface area contributed by atoms with Crippen LogP contribution in [0.5, 0.6) is 0 Å². The number of unbranched alkanes of at least 4 members (excludes halogenated alkanes) is 5. The van der Waals surface area contributed by atoms with Gasteiger partial charge in [0, 0.05) is 0 Å². The molecule has 1 aliphatic rings. The van der Waals surface area contributed by atoms with Gasteiger partial charge in [-0.1, -0.05) is 32.6 Å². The fourth-order valence-electron chi connectivity index (χ4n) is 2.59. The summed E-state index contributed by atoms with van der Waals surface area (Å²) in [5.41, 5.74) is 0. The minimum absolute atomic E-state index is 1.26. The third kappa shape index (κ3) is 4.98. The molecule has 1 heterocycles. The van der Waals surface area contributed by atoms with Crippen LogP contribution in [-0.4, -0.2) is 49.8 Å². The van der Waals surface area contributed by atoms with E-state index in [0.717, 1.165) is 0 Å². The van der Waals surface area contributed by atoms with Crippen LogP contribution in [0.4, 0.5) is 0 Å². The average molecular weight is 213 g/mol. The van der Waals surface area contributed by atoms with Crippen LogP contribution in [0.3, 0.4) is 0 Å². The Morgan fingerprint density at radius 3 is 2.33 bits per heavy atom. The second-order valence-corrected chi connectivity index (χ2v) is 5.56. The van der Waals surface area contributed by atoms with Gasteiger partial charge in [0.1, 0.15) is 6.67 Å². The van der Waals surface area contributed by atoms with Crippen LogP contribution in [0.25, 0.3) is 0 Å². The minimum atomic E-state index is 1.26. The zero-order valence-electron chi connectivity index (χ0n) is 11.0. The molecule has 0 bridgehead atoms. The molecule has 2 nitrogen and oxygen atoms in total. The maximum absolute atomic E-state index is 2.46. The lowest BCUT2D eigenvalue weighted by Gasteiger charge is -2.28. The van der Waals surface area contributed by atoms with Crippen molar-refractivity contribution < 1.29 is 4.48 Å². The van der Waals surface area contributed by atoms with Crippen molar-refractivity contribution in [1.82, 2.24) is 4.90 Å². The molecule has 1 atom stereocenters. The van der Waals surface area contributed by atoms with E-state index >= 15 is 0 Å². The predicted octanol–water partition coefficient (Wildman–Crippen LogP) is 2.70. The fraction of sp³-hybridized carbons (Fsp3) is 1.00. The molecule has 2 heteroatoms. The maximum Gasteiger partial charge on any atom is 0.134 e. The molecule has 0 aromatic rings. The average Bonchev–Trinajstić information content (AvgIpc) is 2.53. The van der Waals surface area contributed by atoms with E-state index in [1.165, 1.54) is 69.3 Å². The van der Waals surface area contributed by atoms with Crippen LogP contribution in [0.15, 0.2) is 0 Å². The van der Waals surface area contributed by atoms with E-state index in [9.17, 15) is 0 Å². The van der Waals surface area contributed by atoms with Gasteiger partial charge in [0.2, 0.25) is 0 Å². The summed E-state index contributed by atoms with van der Waals surface area (Å²) in [5.74, 6) is 0. The van der Waals surface area contributed by atoms with Gasteiger partial charge in [0.25, 0.3) is 0 Å². The third-order valence-corrected chi connectivity index (χ3v) is 3.66. The van der Waals surface area contributed by atoms with Gasteiger partial charge in [-0.05, 0) is 19.9 Å². The highest BCUT2D eigenvalue weighted by atomic mass is 15.5. The molecule has 0 aromatic carbocycles. The number of likely N-dealkylation sites (N-methyl/N-ethyl adjacent to an activating group) is 2. The second-order valence-electron chi connectivity index (χ2n) is 5.56. The van der Waals surface area contributed by atoms with Gasteiger partial charge in [-0.15, -0.1) is 0 Å². The van der Waals surface area contributed by atoms with Crippen molar-refractivity contribution in [2.45, 2.75) is 45.4 Å². The summed E-state index contributed by atoms with van der Waals surface area (Å²) in [6.45, 7) is 7.56. The van der Waals surface area contributed by atoms with Gasteiger partial charge in [-0.2, -0.15) is 0 Å². The minimum Gasteiger partial charge on any atom is -0.312 e. The number of hydrogen-bond donors (Lipinski definition) is 0. The monoisotopic (exact) mass is 213 g/mol. The third-order valence-electron chi connectivity index (χ3n) is 3.66. The standard InChI is InChI=1S/C13H29N2/c1-4-5-6-7-8-9-11-15(3)12-10-14(2)13-15/h4-13H2,1-3H3/q+1. The van der Waals surface area contributed by atoms with Gasteiger partial charge in [-0.25, -0.2) is 0 Å². The Hall–Kier alpha value is -0.0800. The molecule has 1 aliphatic heterocycles. The smallest absolute Gasteiger partial charge is 0.134 e. The highest BCUT2D eigenvalue weighted by Crippen LogP contribution is 2.14. The quantitative estimate of drug-likeness (QED) is 0.464. The summed E-state index contributed by atoms with van der Waals surface area (Å²) in [5, 5.41) is 0. The highest BCUT2D eigenvalue weighted by molar-refractivity contribution is 4.55. The SMILES string of the molecule is CCCCCCCC[N+]1(C)CCN(C)C1. The molecule has 0 spiro atoms. The number of rotatable bonds is 7. The van der Waals surface area contributed by atoms with Crippen LogP contribution in [0.1, 0.15) is 45.4 Å². The van der Waals surface area contributed by atoms with Crippen LogP contribution in [0, 0.1) is 0 Å². The molecule has 0 N–H and O–H groups in total. The van der Waals surface area contributed by atoms with Crippen molar-refractivity contribution in [1.29, 1.82) is 0 Å². The Kier molecular flexibility index (Phi) is 5.62. The molecule has 0 aromatic heterocycles. The van der Waals surface area contributed by atoms with E-state index in [-0.39, 0.29) is 0 Å². The van der Waals surface area contributed by atoms with Crippen LogP contribution < -0.4 is 0 Å². The van der Waals surface area contributed by atoms with E-state index in [1.54, 1.807) is 0 Å². The van der Waals surface area contributed by atoms with Gasteiger partial charge < -0.3 is 4.48 Å². The lowest BCUT2D eigenvalue weighted by molar-refractivity contribution is -0.901. The first-order valence-corrected chi connectivity index (χ1v) is 6.68. The molecule has 1 saturated heterocycles. The predicted molar refractivity (Wildman–Crippen MR) is 66.8 cm³/mol. The second kappa shape index (κ2) is 6.49. The molecule has 0 amide bonds. The van der Waals surface area contributed by atoms with Crippen molar-refractivity contribution in [2.24, 2.45) is 0 Å². The van der Waals surface area contributed by atoms with Gasteiger partial charge in [-0.3, -0.25) is 4.90 Å². The summed E-state index contributed by atoms with van der Waals surface area (Å²) in [7, 11) is 4.65.